The number of hydrogen-bond acceptors (Lipinski definition) is 3. The van der Waals surface area contributed by atoms with Gasteiger partial charge >= 0.3 is 0 Å². The number of fused-ring (bicyclic) bond motifs is 9. The maximum absolute atomic E-state index is 5.35. The smallest absolute Gasteiger partial charge is 0.160 e. The van der Waals surface area contributed by atoms with Crippen molar-refractivity contribution in [3.8, 4) is 33.8 Å². The molecule has 1 aliphatic heterocycles. The highest BCUT2D eigenvalue weighted by Gasteiger charge is 2.52. The quantitative estimate of drug-likeness (QED) is 0.187. The second-order valence-corrected chi connectivity index (χ2v) is 15.2. The van der Waals surface area contributed by atoms with E-state index in [4.69, 9.17) is 9.97 Å². The molecule has 7 aromatic carbocycles. The van der Waals surface area contributed by atoms with Crippen LogP contribution in [0.5, 0.6) is 0 Å². The van der Waals surface area contributed by atoms with Crippen molar-refractivity contribution in [3.05, 3.63) is 203 Å². The van der Waals surface area contributed by atoms with Crippen LogP contribution in [-0.2, 0) is 10.8 Å². The maximum atomic E-state index is 5.35. The summed E-state index contributed by atoms with van der Waals surface area (Å²) in [6, 6.07) is 61.7. The Balaban J connectivity index is 1.20. The first kappa shape index (κ1) is 30.1. The van der Waals surface area contributed by atoms with Gasteiger partial charge in [-0.05, 0) is 68.8 Å². The van der Waals surface area contributed by atoms with E-state index >= 15 is 0 Å². The number of rotatable bonds is 3. The molecule has 8 aromatic rings. The average molecular weight is 671 g/mol. The predicted octanol–water partition coefficient (Wildman–Crippen LogP) is 12.1. The molecule has 0 saturated heterocycles. The van der Waals surface area contributed by atoms with Crippen molar-refractivity contribution in [1.29, 1.82) is 0 Å². The molecule has 2 nitrogen and oxygen atoms in total. The van der Waals surface area contributed by atoms with E-state index < -0.39 is 5.41 Å². The molecule has 0 unspecified atom stereocenters. The molecule has 0 N–H and O–H groups in total. The fraction of sp³-hybridized carbons (Fsp3) is 0.0833. The van der Waals surface area contributed by atoms with E-state index in [1.807, 2.05) is 11.8 Å². The minimum atomic E-state index is -0.450. The Kier molecular flexibility index (Phi) is 6.71. The van der Waals surface area contributed by atoms with Crippen LogP contribution in [0.25, 0.3) is 44.7 Å². The normalized spacial score (nSPS) is 14.7. The summed E-state index contributed by atoms with van der Waals surface area (Å²) in [5.41, 5.74) is 13.7. The largest absolute Gasteiger partial charge is 0.228 e. The highest BCUT2D eigenvalue weighted by molar-refractivity contribution is 7.99. The van der Waals surface area contributed by atoms with Gasteiger partial charge < -0.3 is 0 Å². The van der Waals surface area contributed by atoms with E-state index in [2.05, 4.69) is 184 Å². The summed E-state index contributed by atoms with van der Waals surface area (Å²) in [5, 5.41) is 1.05. The van der Waals surface area contributed by atoms with Gasteiger partial charge in [0.25, 0.3) is 0 Å². The van der Waals surface area contributed by atoms with Crippen molar-refractivity contribution in [3.63, 3.8) is 0 Å². The van der Waals surface area contributed by atoms with E-state index in [9.17, 15) is 0 Å². The molecule has 0 saturated carbocycles. The molecule has 2 heterocycles. The summed E-state index contributed by atoms with van der Waals surface area (Å²) in [6.07, 6.45) is 0. The molecule has 0 radical (unpaired) electrons. The van der Waals surface area contributed by atoms with Crippen LogP contribution in [0.1, 0.15) is 47.2 Å². The summed E-state index contributed by atoms with van der Waals surface area (Å²) in [4.78, 5) is 13.2. The highest BCUT2D eigenvalue weighted by atomic mass is 32.2. The first-order valence-corrected chi connectivity index (χ1v) is 18.4. The summed E-state index contributed by atoms with van der Waals surface area (Å²) in [5.74, 6) is 0.738. The second-order valence-electron chi connectivity index (χ2n) is 14.1. The van der Waals surface area contributed by atoms with E-state index in [0.717, 1.165) is 33.5 Å². The molecule has 2 aliphatic rings. The van der Waals surface area contributed by atoms with E-state index in [1.54, 1.807) is 0 Å². The lowest BCUT2D eigenvalue weighted by atomic mass is 9.54. The van der Waals surface area contributed by atoms with Gasteiger partial charge in [0.15, 0.2) is 5.82 Å². The molecule has 0 fully saturated rings. The van der Waals surface area contributed by atoms with Gasteiger partial charge in [0.05, 0.1) is 16.6 Å². The molecular weight excluding hydrogens is 637 g/mol. The molecule has 1 aromatic heterocycles. The lowest BCUT2D eigenvalue weighted by molar-refractivity contribution is 0.549. The third-order valence-corrected chi connectivity index (χ3v) is 12.2. The van der Waals surface area contributed by atoms with E-state index in [-0.39, 0.29) is 5.41 Å². The van der Waals surface area contributed by atoms with E-state index in [1.165, 1.54) is 54.3 Å². The molecule has 51 heavy (non-hydrogen) atoms. The van der Waals surface area contributed by atoms with Crippen LogP contribution in [0.2, 0.25) is 0 Å². The van der Waals surface area contributed by atoms with Gasteiger partial charge in [-0.2, -0.15) is 0 Å². The lowest BCUT2D eigenvalue weighted by Crippen LogP contribution is -2.43. The molecule has 0 atom stereocenters. The predicted molar refractivity (Wildman–Crippen MR) is 210 cm³/mol. The fourth-order valence-electron chi connectivity index (χ4n) is 8.62. The Labute approximate surface area is 302 Å². The van der Waals surface area contributed by atoms with Gasteiger partial charge in [0.2, 0.25) is 0 Å². The Morgan fingerprint density at radius 2 is 0.941 bits per heavy atom. The second kappa shape index (κ2) is 11.4. The standard InChI is InChI=1S/C48H34N2S/c1-47(2)36-17-7-8-18-37(36)48(39-19-9-12-22-43(39)51-44-23-13-10-20-40(44)48)38-29-28-34(30-41(38)47)46-49-42-21-11-6-16-35(42)45(50-46)33-26-24-32(25-27-33)31-14-4-3-5-15-31/h3-30H,1-2H3. The highest BCUT2D eigenvalue weighted by Crippen LogP contribution is 2.61. The first-order chi connectivity index (χ1) is 25.0. The number of hydrogen-bond donors (Lipinski definition) is 0. The SMILES string of the molecule is CC1(C)c2ccccc2C2(c3ccccc3Sc3ccccc32)c2ccc(-c3nc(-c4ccc(-c5ccccc5)cc4)c4ccccc4n3)cc21. The van der Waals surface area contributed by atoms with Crippen molar-refractivity contribution in [1.82, 2.24) is 9.97 Å². The van der Waals surface area contributed by atoms with Crippen LogP contribution in [-0.4, -0.2) is 9.97 Å². The Hall–Kier alpha value is -5.77. The summed E-state index contributed by atoms with van der Waals surface area (Å²) >= 11 is 1.88. The lowest BCUT2D eigenvalue weighted by Gasteiger charge is -2.50. The summed E-state index contributed by atoms with van der Waals surface area (Å²) in [6.45, 7) is 4.75. The third-order valence-electron chi connectivity index (χ3n) is 11.0. The fourth-order valence-corrected chi connectivity index (χ4v) is 9.82. The van der Waals surface area contributed by atoms with Crippen LogP contribution >= 0.6 is 11.8 Å². The van der Waals surface area contributed by atoms with E-state index in [0.29, 0.717) is 0 Å². The molecular formula is C48H34N2S. The molecule has 10 rings (SSSR count). The number of nitrogens with zero attached hydrogens (tertiary/aromatic N) is 2. The topological polar surface area (TPSA) is 25.8 Å². The molecule has 1 spiro atoms. The molecule has 0 amide bonds. The van der Waals surface area contributed by atoms with Crippen LogP contribution in [0.3, 0.4) is 0 Å². The van der Waals surface area contributed by atoms with Gasteiger partial charge in [0.1, 0.15) is 0 Å². The third kappa shape index (κ3) is 4.44. The van der Waals surface area contributed by atoms with Gasteiger partial charge in [-0.1, -0.05) is 171 Å². The van der Waals surface area contributed by atoms with Crippen molar-refractivity contribution >= 4 is 22.7 Å². The number of para-hydroxylation sites is 1. The Morgan fingerprint density at radius 1 is 0.412 bits per heavy atom. The zero-order chi connectivity index (χ0) is 34.2. The summed E-state index contributed by atoms with van der Waals surface area (Å²) < 4.78 is 0. The van der Waals surface area contributed by atoms with Crippen molar-refractivity contribution in [2.45, 2.75) is 34.5 Å². The minimum absolute atomic E-state index is 0.255. The maximum Gasteiger partial charge on any atom is 0.160 e. The van der Waals surface area contributed by atoms with Crippen LogP contribution in [0, 0.1) is 0 Å². The van der Waals surface area contributed by atoms with Crippen molar-refractivity contribution < 1.29 is 0 Å². The van der Waals surface area contributed by atoms with Crippen LogP contribution < -0.4 is 0 Å². The molecule has 3 heteroatoms. The molecule has 1 aliphatic carbocycles. The number of benzene rings is 7. The molecule has 242 valence electrons. The summed E-state index contributed by atoms with van der Waals surface area (Å²) in [7, 11) is 0. The van der Waals surface area contributed by atoms with Gasteiger partial charge in [-0.15, -0.1) is 0 Å². The zero-order valence-electron chi connectivity index (χ0n) is 28.5. The van der Waals surface area contributed by atoms with Crippen LogP contribution in [0.15, 0.2) is 180 Å². The Morgan fingerprint density at radius 3 is 1.67 bits per heavy atom. The van der Waals surface area contributed by atoms with Gasteiger partial charge in [-0.25, -0.2) is 9.97 Å². The minimum Gasteiger partial charge on any atom is -0.228 e. The van der Waals surface area contributed by atoms with Crippen molar-refractivity contribution in [2.75, 3.05) is 0 Å². The number of aromatic nitrogens is 2. The van der Waals surface area contributed by atoms with Gasteiger partial charge in [-0.3, -0.25) is 0 Å². The van der Waals surface area contributed by atoms with Crippen LogP contribution in [0.4, 0.5) is 0 Å². The zero-order valence-corrected chi connectivity index (χ0v) is 29.3. The first-order valence-electron chi connectivity index (χ1n) is 17.6. The average Bonchev–Trinajstić information content (AvgIpc) is 3.19. The van der Waals surface area contributed by atoms with Crippen molar-refractivity contribution in [2.24, 2.45) is 0 Å². The van der Waals surface area contributed by atoms with Gasteiger partial charge in [0, 0.05) is 31.7 Å². The monoisotopic (exact) mass is 670 g/mol. The Bertz CT molecular complexity index is 2590. The molecule has 0 bridgehead atoms.